The SMILES string of the molecule is C[SiH](C)C12CCCC[C]1OO2. The predicted octanol–water partition coefficient (Wildman–Crippen LogP) is 1.82. The van der Waals surface area contributed by atoms with Gasteiger partial charge in [-0.05, 0) is 12.8 Å². The second kappa shape index (κ2) is 2.57. The van der Waals surface area contributed by atoms with Crippen molar-refractivity contribution in [2.24, 2.45) is 0 Å². The van der Waals surface area contributed by atoms with E-state index in [0.29, 0.717) is 0 Å². The molecule has 0 aromatic rings. The second-order valence-corrected chi connectivity index (χ2v) is 7.08. The van der Waals surface area contributed by atoms with Crippen LogP contribution in [0.5, 0.6) is 0 Å². The first-order valence-electron chi connectivity index (χ1n) is 4.48. The largest absolute Gasteiger partial charge is 0.230 e. The summed E-state index contributed by atoms with van der Waals surface area (Å²) in [4.78, 5) is 10.4. The highest BCUT2D eigenvalue weighted by atomic mass is 28.3. The monoisotopic (exact) mass is 171 g/mol. The summed E-state index contributed by atoms with van der Waals surface area (Å²) in [7, 11) is -0.722. The van der Waals surface area contributed by atoms with Crippen molar-refractivity contribution in [1.82, 2.24) is 0 Å². The summed E-state index contributed by atoms with van der Waals surface area (Å²) in [6.45, 7) is 4.68. The molecule has 2 fully saturated rings. The van der Waals surface area contributed by atoms with Crippen LogP contribution >= 0.6 is 0 Å². The Kier molecular flexibility index (Phi) is 1.82. The van der Waals surface area contributed by atoms with Gasteiger partial charge in [-0.1, -0.05) is 25.9 Å². The quantitative estimate of drug-likeness (QED) is 0.442. The molecule has 63 valence electrons. The van der Waals surface area contributed by atoms with Crippen molar-refractivity contribution in [2.45, 2.75) is 44.0 Å². The molecule has 0 amide bonds. The summed E-state index contributed by atoms with van der Waals surface area (Å²) < 4.78 is 0. The van der Waals surface area contributed by atoms with E-state index in [1.807, 2.05) is 0 Å². The number of fused-ring (bicyclic) bond motifs is 1. The van der Waals surface area contributed by atoms with Crippen LogP contribution in [0.2, 0.25) is 13.1 Å². The lowest BCUT2D eigenvalue weighted by Gasteiger charge is -2.51. The van der Waals surface area contributed by atoms with E-state index in [9.17, 15) is 0 Å². The Morgan fingerprint density at radius 3 is 2.55 bits per heavy atom. The van der Waals surface area contributed by atoms with Crippen LogP contribution in [-0.2, 0) is 9.78 Å². The van der Waals surface area contributed by atoms with Gasteiger partial charge in [-0.2, -0.15) is 0 Å². The molecule has 0 aromatic heterocycles. The topological polar surface area (TPSA) is 18.5 Å². The van der Waals surface area contributed by atoms with Gasteiger partial charge in [0.1, 0.15) is 5.22 Å². The molecule has 3 heteroatoms. The Balaban J connectivity index is 2.09. The molecular weight excluding hydrogens is 156 g/mol. The zero-order valence-corrected chi connectivity index (χ0v) is 8.38. The molecule has 1 unspecified atom stereocenters. The molecule has 1 aliphatic carbocycles. The van der Waals surface area contributed by atoms with E-state index in [1.165, 1.54) is 25.4 Å². The van der Waals surface area contributed by atoms with Crippen LogP contribution < -0.4 is 0 Å². The summed E-state index contributed by atoms with van der Waals surface area (Å²) in [5.74, 6) is 0. The maximum absolute atomic E-state index is 5.31. The molecular formula is C8H15O2Si. The molecule has 1 radical (unpaired) electrons. The van der Waals surface area contributed by atoms with Crippen molar-refractivity contribution >= 4 is 8.80 Å². The molecule has 2 rings (SSSR count). The van der Waals surface area contributed by atoms with Crippen molar-refractivity contribution < 1.29 is 9.78 Å². The zero-order valence-electron chi connectivity index (χ0n) is 7.22. The Morgan fingerprint density at radius 1 is 1.36 bits per heavy atom. The third-order valence-electron chi connectivity index (χ3n) is 2.90. The molecule has 1 atom stereocenters. The van der Waals surface area contributed by atoms with E-state index in [0.717, 1.165) is 6.42 Å². The number of hydrogen-bond donors (Lipinski definition) is 0. The Morgan fingerprint density at radius 2 is 2.18 bits per heavy atom. The summed E-state index contributed by atoms with van der Waals surface area (Å²) in [6, 6.07) is 0. The first-order valence-corrected chi connectivity index (χ1v) is 7.36. The maximum atomic E-state index is 5.31. The highest BCUT2D eigenvalue weighted by Crippen LogP contribution is 2.48. The normalized spacial score (nSPS) is 38.5. The lowest BCUT2D eigenvalue weighted by molar-refractivity contribution is -0.442. The van der Waals surface area contributed by atoms with Crippen LogP contribution in [0.1, 0.15) is 25.7 Å². The predicted molar refractivity (Wildman–Crippen MR) is 45.5 cm³/mol. The van der Waals surface area contributed by atoms with Gasteiger partial charge in [-0.25, -0.2) is 9.78 Å². The number of rotatable bonds is 1. The van der Waals surface area contributed by atoms with Crippen LogP contribution in [0.3, 0.4) is 0 Å². The molecule has 1 saturated heterocycles. The average molecular weight is 171 g/mol. The van der Waals surface area contributed by atoms with E-state index in [1.54, 1.807) is 0 Å². The number of hydrogen-bond acceptors (Lipinski definition) is 2. The molecule has 0 bridgehead atoms. The minimum atomic E-state index is -0.722. The summed E-state index contributed by atoms with van der Waals surface area (Å²) in [5.41, 5.74) is 0. The summed E-state index contributed by atoms with van der Waals surface area (Å²) in [6.07, 6.45) is 6.22. The van der Waals surface area contributed by atoms with E-state index in [4.69, 9.17) is 9.78 Å². The second-order valence-electron chi connectivity index (χ2n) is 3.84. The van der Waals surface area contributed by atoms with Crippen molar-refractivity contribution in [3.8, 4) is 0 Å². The van der Waals surface area contributed by atoms with Gasteiger partial charge in [0.25, 0.3) is 0 Å². The first kappa shape index (κ1) is 7.77. The fourth-order valence-electron chi connectivity index (χ4n) is 2.02. The van der Waals surface area contributed by atoms with E-state index < -0.39 is 8.80 Å². The molecule has 1 aliphatic heterocycles. The molecule has 11 heavy (non-hydrogen) atoms. The van der Waals surface area contributed by atoms with Crippen LogP contribution in [0.15, 0.2) is 0 Å². The van der Waals surface area contributed by atoms with Gasteiger partial charge in [0.2, 0.25) is 0 Å². The molecule has 0 N–H and O–H groups in total. The highest BCUT2D eigenvalue weighted by molar-refractivity contribution is 6.60. The van der Waals surface area contributed by atoms with Gasteiger partial charge in [0.15, 0.2) is 6.10 Å². The van der Waals surface area contributed by atoms with Gasteiger partial charge in [-0.3, -0.25) is 0 Å². The third-order valence-corrected chi connectivity index (χ3v) is 5.47. The van der Waals surface area contributed by atoms with Crippen LogP contribution in [0.25, 0.3) is 0 Å². The molecule has 0 aromatic carbocycles. The molecule has 1 saturated carbocycles. The van der Waals surface area contributed by atoms with Gasteiger partial charge < -0.3 is 0 Å². The Hall–Kier alpha value is 0.137. The van der Waals surface area contributed by atoms with E-state index >= 15 is 0 Å². The zero-order chi connectivity index (χ0) is 7.90. The smallest absolute Gasteiger partial charge is 0.166 e. The van der Waals surface area contributed by atoms with E-state index in [2.05, 4.69) is 13.1 Å². The van der Waals surface area contributed by atoms with Gasteiger partial charge in [-0.15, -0.1) is 0 Å². The Bertz CT molecular complexity index is 160. The summed E-state index contributed by atoms with van der Waals surface area (Å²) >= 11 is 0. The lowest BCUT2D eigenvalue weighted by Crippen LogP contribution is -2.60. The molecule has 1 heterocycles. The standard InChI is InChI=1S/C8H15O2Si/c1-11(2)8-6-4-3-5-7(8)9-10-8/h11H,3-6H2,1-2H3. The molecule has 0 spiro atoms. The van der Waals surface area contributed by atoms with Crippen molar-refractivity contribution in [3.63, 3.8) is 0 Å². The highest BCUT2D eigenvalue weighted by Gasteiger charge is 2.55. The van der Waals surface area contributed by atoms with Gasteiger partial charge in [0.05, 0.1) is 8.80 Å². The maximum Gasteiger partial charge on any atom is 0.166 e. The third kappa shape index (κ3) is 0.982. The van der Waals surface area contributed by atoms with Crippen molar-refractivity contribution in [1.29, 1.82) is 0 Å². The molecule has 2 aliphatic rings. The van der Waals surface area contributed by atoms with Crippen molar-refractivity contribution in [2.75, 3.05) is 0 Å². The fourth-order valence-corrected chi connectivity index (χ4v) is 3.88. The lowest BCUT2D eigenvalue weighted by atomic mass is 9.93. The first-order chi connectivity index (χ1) is 5.26. The Labute approximate surface area is 69.4 Å². The molecule has 2 nitrogen and oxygen atoms in total. The van der Waals surface area contributed by atoms with E-state index in [-0.39, 0.29) is 5.22 Å². The van der Waals surface area contributed by atoms with Crippen molar-refractivity contribution in [3.05, 3.63) is 6.10 Å². The van der Waals surface area contributed by atoms with Crippen LogP contribution in [0.4, 0.5) is 0 Å². The minimum absolute atomic E-state index is 0.151. The van der Waals surface area contributed by atoms with Gasteiger partial charge in [0, 0.05) is 0 Å². The van der Waals surface area contributed by atoms with Crippen LogP contribution in [0, 0.1) is 6.10 Å². The average Bonchev–Trinajstić information content (AvgIpc) is 1.91. The fraction of sp³-hybridized carbons (Fsp3) is 0.875. The van der Waals surface area contributed by atoms with Crippen LogP contribution in [-0.4, -0.2) is 14.0 Å². The van der Waals surface area contributed by atoms with Gasteiger partial charge >= 0.3 is 0 Å². The minimum Gasteiger partial charge on any atom is -0.230 e. The summed E-state index contributed by atoms with van der Waals surface area (Å²) in [5, 5.41) is 0.151.